The molecule has 2 N–H and O–H groups in total. The molecule has 0 aliphatic carbocycles. The zero-order chi connectivity index (χ0) is 14.0. The summed E-state index contributed by atoms with van der Waals surface area (Å²) < 4.78 is 0. The van der Waals surface area contributed by atoms with E-state index >= 15 is 0 Å². The highest BCUT2D eigenvalue weighted by molar-refractivity contribution is 6.42. The molecule has 0 saturated carbocycles. The quantitative estimate of drug-likeness (QED) is 0.931. The molecule has 1 fully saturated rings. The summed E-state index contributed by atoms with van der Waals surface area (Å²) in [6.45, 7) is 5.89. The van der Waals surface area contributed by atoms with Crippen molar-refractivity contribution in [2.75, 3.05) is 33.2 Å². The predicted molar refractivity (Wildman–Crippen MR) is 81.9 cm³/mol. The van der Waals surface area contributed by atoms with Gasteiger partial charge in [-0.25, -0.2) is 0 Å². The number of benzene rings is 1. The number of rotatable bonds is 3. The van der Waals surface area contributed by atoms with Gasteiger partial charge in [0.1, 0.15) is 0 Å². The first-order valence-corrected chi connectivity index (χ1v) is 7.38. The second-order valence-electron chi connectivity index (χ2n) is 5.24. The smallest absolute Gasteiger partial charge is 0.0640 e. The molecule has 1 heterocycles. The van der Waals surface area contributed by atoms with E-state index in [0.29, 0.717) is 22.6 Å². The van der Waals surface area contributed by atoms with Crippen molar-refractivity contribution in [1.82, 2.24) is 9.80 Å². The van der Waals surface area contributed by atoms with Crippen LogP contribution in [-0.2, 0) is 0 Å². The fourth-order valence-electron chi connectivity index (χ4n) is 2.84. The van der Waals surface area contributed by atoms with E-state index in [1.165, 1.54) is 0 Å². The first kappa shape index (κ1) is 15.1. The summed E-state index contributed by atoms with van der Waals surface area (Å²) in [4.78, 5) is 4.77. The fourth-order valence-corrected chi connectivity index (χ4v) is 3.27. The van der Waals surface area contributed by atoms with Crippen LogP contribution in [-0.4, -0.2) is 49.1 Å². The van der Waals surface area contributed by atoms with Gasteiger partial charge in [0.25, 0.3) is 0 Å². The summed E-state index contributed by atoms with van der Waals surface area (Å²) in [6, 6.07) is 6.37. The first-order valence-electron chi connectivity index (χ1n) is 6.63. The van der Waals surface area contributed by atoms with Crippen molar-refractivity contribution in [3.8, 4) is 0 Å². The Bertz CT molecular complexity index is 439. The molecule has 0 radical (unpaired) electrons. The third kappa shape index (κ3) is 3.23. The maximum absolute atomic E-state index is 6.34. The average Bonchev–Trinajstić information content (AvgIpc) is 2.37. The van der Waals surface area contributed by atoms with E-state index in [0.717, 1.165) is 25.2 Å². The highest BCUT2D eigenvalue weighted by Crippen LogP contribution is 2.33. The minimum absolute atomic E-state index is 0.134. The lowest BCUT2D eigenvalue weighted by Gasteiger charge is -2.43. The minimum atomic E-state index is 0.134. The van der Waals surface area contributed by atoms with Crippen molar-refractivity contribution >= 4 is 23.2 Å². The molecular weight excluding hydrogens is 281 g/mol. The van der Waals surface area contributed by atoms with Crippen molar-refractivity contribution in [1.29, 1.82) is 0 Å². The van der Waals surface area contributed by atoms with Crippen LogP contribution in [0.15, 0.2) is 18.2 Å². The molecule has 0 bridgehead atoms. The lowest BCUT2D eigenvalue weighted by Crippen LogP contribution is -2.52. The number of nitrogens with two attached hydrogens (primary N) is 1. The normalized spacial score (nSPS) is 23.5. The van der Waals surface area contributed by atoms with Crippen LogP contribution in [0.5, 0.6) is 0 Å². The zero-order valence-electron chi connectivity index (χ0n) is 11.4. The van der Waals surface area contributed by atoms with Gasteiger partial charge in [0, 0.05) is 38.3 Å². The third-order valence-corrected chi connectivity index (χ3v) is 4.68. The molecule has 1 saturated heterocycles. The van der Waals surface area contributed by atoms with E-state index in [1.54, 1.807) is 0 Å². The largest absolute Gasteiger partial charge is 0.329 e. The Kier molecular flexibility index (Phi) is 5.09. The molecule has 2 atom stereocenters. The van der Waals surface area contributed by atoms with Crippen LogP contribution in [0.1, 0.15) is 18.5 Å². The van der Waals surface area contributed by atoms with Crippen LogP contribution in [0.25, 0.3) is 0 Å². The SMILES string of the molecule is CC1CN(C)CCN1C(CN)c1cccc(Cl)c1Cl. The van der Waals surface area contributed by atoms with Gasteiger partial charge in [-0.3, -0.25) is 4.90 Å². The summed E-state index contributed by atoms with van der Waals surface area (Å²) in [6.07, 6.45) is 0. The number of hydrogen-bond donors (Lipinski definition) is 1. The van der Waals surface area contributed by atoms with Gasteiger partial charge in [-0.15, -0.1) is 0 Å². The molecule has 0 spiro atoms. The van der Waals surface area contributed by atoms with Crippen LogP contribution in [0, 0.1) is 0 Å². The Hall–Kier alpha value is -0.320. The second kappa shape index (κ2) is 6.42. The molecular formula is C14H21Cl2N3. The van der Waals surface area contributed by atoms with Gasteiger partial charge >= 0.3 is 0 Å². The van der Waals surface area contributed by atoms with Crippen molar-refractivity contribution in [3.63, 3.8) is 0 Å². The van der Waals surface area contributed by atoms with Crippen molar-refractivity contribution in [2.45, 2.75) is 19.0 Å². The summed E-state index contributed by atoms with van der Waals surface area (Å²) >= 11 is 12.5. The van der Waals surface area contributed by atoms with Gasteiger partial charge in [-0.1, -0.05) is 35.3 Å². The Labute approximate surface area is 125 Å². The highest BCUT2D eigenvalue weighted by atomic mass is 35.5. The lowest BCUT2D eigenvalue weighted by molar-refractivity contribution is 0.0636. The topological polar surface area (TPSA) is 32.5 Å². The molecule has 1 aromatic carbocycles. The van der Waals surface area contributed by atoms with E-state index in [1.807, 2.05) is 18.2 Å². The van der Waals surface area contributed by atoms with Gasteiger partial charge in [0.15, 0.2) is 0 Å². The number of piperazine rings is 1. The summed E-state index contributed by atoms with van der Waals surface area (Å²) in [5, 5.41) is 1.23. The average molecular weight is 302 g/mol. The van der Waals surface area contributed by atoms with Crippen molar-refractivity contribution in [2.24, 2.45) is 5.73 Å². The van der Waals surface area contributed by atoms with Gasteiger partial charge in [-0.05, 0) is 25.6 Å². The maximum Gasteiger partial charge on any atom is 0.0640 e. The van der Waals surface area contributed by atoms with Gasteiger partial charge < -0.3 is 10.6 Å². The predicted octanol–water partition coefficient (Wildman–Crippen LogP) is 2.63. The van der Waals surface area contributed by atoms with Gasteiger partial charge in [0.05, 0.1) is 10.0 Å². The van der Waals surface area contributed by atoms with E-state index in [4.69, 9.17) is 28.9 Å². The monoisotopic (exact) mass is 301 g/mol. The second-order valence-corrected chi connectivity index (χ2v) is 6.03. The summed E-state index contributed by atoms with van der Waals surface area (Å²) in [7, 11) is 2.15. The third-order valence-electron chi connectivity index (χ3n) is 3.85. The number of halogens is 2. The fraction of sp³-hybridized carbons (Fsp3) is 0.571. The number of hydrogen-bond acceptors (Lipinski definition) is 3. The Morgan fingerprint density at radius 2 is 2.11 bits per heavy atom. The van der Waals surface area contributed by atoms with Crippen LogP contribution < -0.4 is 5.73 Å². The molecule has 1 aromatic rings. The molecule has 3 nitrogen and oxygen atoms in total. The van der Waals surface area contributed by atoms with E-state index in [9.17, 15) is 0 Å². The summed E-state index contributed by atoms with van der Waals surface area (Å²) in [5.41, 5.74) is 7.03. The highest BCUT2D eigenvalue weighted by Gasteiger charge is 2.29. The Morgan fingerprint density at radius 3 is 2.74 bits per heavy atom. The first-order chi connectivity index (χ1) is 9.04. The molecule has 19 heavy (non-hydrogen) atoms. The standard InChI is InChI=1S/C14H21Cl2N3/c1-10-9-18(2)6-7-19(10)13(8-17)11-4-3-5-12(15)14(11)16/h3-5,10,13H,6-9,17H2,1-2H3. The molecule has 1 aliphatic rings. The van der Waals surface area contributed by atoms with Crippen LogP contribution in [0.2, 0.25) is 10.0 Å². The van der Waals surface area contributed by atoms with Crippen LogP contribution >= 0.6 is 23.2 Å². The minimum Gasteiger partial charge on any atom is -0.329 e. The summed E-state index contributed by atoms with van der Waals surface area (Å²) in [5.74, 6) is 0. The zero-order valence-corrected chi connectivity index (χ0v) is 13.0. The number of likely N-dealkylation sites (N-methyl/N-ethyl adjacent to an activating group) is 1. The van der Waals surface area contributed by atoms with Crippen molar-refractivity contribution < 1.29 is 0 Å². The molecule has 2 rings (SSSR count). The Morgan fingerprint density at radius 1 is 1.37 bits per heavy atom. The van der Waals surface area contributed by atoms with E-state index in [2.05, 4.69) is 23.8 Å². The molecule has 5 heteroatoms. The van der Waals surface area contributed by atoms with Gasteiger partial charge in [-0.2, -0.15) is 0 Å². The molecule has 0 aromatic heterocycles. The molecule has 106 valence electrons. The molecule has 0 amide bonds. The Balaban J connectivity index is 2.27. The number of nitrogens with zero attached hydrogens (tertiary/aromatic N) is 2. The lowest BCUT2D eigenvalue weighted by atomic mass is 10.0. The van der Waals surface area contributed by atoms with E-state index in [-0.39, 0.29) is 6.04 Å². The van der Waals surface area contributed by atoms with Crippen molar-refractivity contribution in [3.05, 3.63) is 33.8 Å². The molecule has 2 unspecified atom stereocenters. The van der Waals surface area contributed by atoms with Crippen LogP contribution in [0.3, 0.4) is 0 Å². The van der Waals surface area contributed by atoms with E-state index < -0.39 is 0 Å². The van der Waals surface area contributed by atoms with Crippen LogP contribution in [0.4, 0.5) is 0 Å². The maximum atomic E-state index is 6.34. The van der Waals surface area contributed by atoms with Gasteiger partial charge in [0.2, 0.25) is 0 Å². The molecule has 1 aliphatic heterocycles.